The van der Waals surface area contributed by atoms with E-state index in [1.54, 1.807) is 0 Å². The van der Waals surface area contributed by atoms with Gasteiger partial charge in [-0.3, -0.25) is 0 Å². The van der Waals surface area contributed by atoms with E-state index in [0.29, 0.717) is 0 Å². The van der Waals surface area contributed by atoms with E-state index >= 15 is 0 Å². The van der Waals surface area contributed by atoms with Crippen molar-refractivity contribution in [3.63, 3.8) is 0 Å². The zero-order valence-corrected chi connectivity index (χ0v) is 15.1. The van der Waals surface area contributed by atoms with E-state index in [-0.39, 0.29) is 6.04 Å². The van der Waals surface area contributed by atoms with Crippen molar-refractivity contribution in [3.8, 4) is 0 Å². The van der Waals surface area contributed by atoms with Crippen LogP contribution in [0.25, 0.3) is 22.9 Å². The lowest BCUT2D eigenvalue weighted by Gasteiger charge is -2.34. The zero-order chi connectivity index (χ0) is 17.6. The van der Waals surface area contributed by atoms with Crippen molar-refractivity contribution >= 4 is 22.9 Å². The quantitative estimate of drug-likeness (QED) is 0.550. The molecule has 1 aliphatic rings. The maximum Gasteiger partial charge on any atom is 0.0799 e. The molecular formula is C24H23N. The molecule has 0 N–H and O–H groups in total. The minimum Gasteiger partial charge on any atom is -0.369 e. The predicted molar refractivity (Wildman–Crippen MR) is 109 cm³/mol. The molecule has 1 unspecified atom stereocenters. The van der Waals surface area contributed by atoms with Crippen LogP contribution in [-0.4, -0.2) is 11.9 Å². The highest BCUT2D eigenvalue weighted by molar-refractivity contribution is 5.95. The average Bonchev–Trinajstić information content (AvgIpc) is 2.62. The van der Waals surface area contributed by atoms with Crippen LogP contribution in [0.15, 0.2) is 61.3 Å². The predicted octanol–water partition coefficient (Wildman–Crippen LogP) is 6.11. The summed E-state index contributed by atoms with van der Waals surface area (Å²) in [6.07, 6.45) is 6.42. The average molecular weight is 325 g/mol. The van der Waals surface area contributed by atoms with Gasteiger partial charge in [-0.15, -0.1) is 0 Å². The first kappa shape index (κ1) is 15.7. The molecule has 1 nitrogen and oxygen atoms in total. The summed E-state index contributed by atoms with van der Waals surface area (Å²) in [4.78, 5) is 2.30. The SMILES string of the molecule is C=Cc1cc(C)ccc1C1c2cc(C)c3ccccc3c2C=CN1C. The minimum absolute atomic E-state index is 0.205. The summed E-state index contributed by atoms with van der Waals surface area (Å²) < 4.78 is 0. The van der Waals surface area contributed by atoms with Crippen molar-refractivity contribution in [2.45, 2.75) is 19.9 Å². The molecule has 0 bridgehead atoms. The first-order valence-corrected chi connectivity index (χ1v) is 8.75. The number of nitrogens with zero attached hydrogens (tertiary/aromatic N) is 1. The van der Waals surface area contributed by atoms with Gasteiger partial charge in [0.25, 0.3) is 0 Å². The molecule has 25 heavy (non-hydrogen) atoms. The Morgan fingerprint density at radius 2 is 1.72 bits per heavy atom. The van der Waals surface area contributed by atoms with Crippen LogP contribution in [-0.2, 0) is 0 Å². The number of hydrogen-bond donors (Lipinski definition) is 0. The summed E-state index contributed by atoms with van der Waals surface area (Å²) >= 11 is 0. The highest BCUT2D eigenvalue weighted by atomic mass is 15.1. The fourth-order valence-corrected chi connectivity index (χ4v) is 4.02. The number of rotatable bonds is 2. The zero-order valence-electron chi connectivity index (χ0n) is 15.1. The molecule has 1 atom stereocenters. The van der Waals surface area contributed by atoms with Crippen LogP contribution in [0.1, 0.15) is 39.4 Å². The van der Waals surface area contributed by atoms with Gasteiger partial charge in [0.05, 0.1) is 6.04 Å². The summed E-state index contributed by atoms with van der Waals surface area (Å²) in [5.41, 5.74) is 7.82. The highest BCUT2D eigenvalue weighted by Crippen LogP contribution is 2.40. The van der Waals surface area contributed by atoms with Crippen molar-refractivity contribution in [2.24, 2.45) is 0 Å². The second-order valence-corrected chi connectivity index (χ2v) is 6.96. The summed E-state index contributed by atoms with van der Waals surface area (Å²) in [5.74, 6) is 0. The van der Waals surface area contributed by atoms with Crippen LogP contribution >= 0.6 is 0 Å². The van der Waals surface area contributed by atoms with Crippen LogP contribution in [0.2, 0.25) is 0 Å². The molecule has 4 rings (SSSR count). The molecule has 3 aromatic rings. The third kappa shape index (κ3) is 2.47. The third-order valence-electron chi connectivity index (χ3n) is 5.26. The van der Waals surface area contributed by atoms with Crippen molar-refractivity contribution < 1.29 is 0 Å². The van der Waals surface area contributed by atoms with Crippen LogP contribution < -0.4 is 0 Å². The van der Waals surface area contributed by atoms with Crippen molar-refractivity contribution in [2.75, 3.05) is 7.05 Å². The van der Waals surface area contributed by atoms with Crippen molar-refractivity contribution in [1.29, 1.82) is 0 Å². The standard InChI is InChI=1S/C24H23N/c1-5-18-14-16(2)10-11-20(18)24-23-15-17(3)19-8-6-7-9-21(19)22(23)12-13-25(24)4/h5-15,24H,1H2,2-4H3. The monoisotopic (exact) mass is 325 g/mol. The van der Waals surface area contributed by atoms with Gasteiger partial charge in [0.15, 0.2) is 0 Å². The number of hydrogen-bond acceptors (Lipinski definition) is 1. The van der Waals surface area contributed by atoms with E-state index in [1.165, 1.54) is 44.2 Å². The van der Waals surface area contributed by atoms with Crippen molar-refractivity contribution in [3.05, 3.63) is 94.7 Å². The van der Waals surface area contributed by atoms with Gasteiger partial charge in [0.2, 0.25) is 0 Å². The van der Waals surface area contributed by atoms with Crippen LogP contribution in [0, 0.1) is 13.8 Å². The minimum atomic E-state index is 0.205. The summed E-state index contributed by atoms with van der Waals surface area (Å²) in [6, 6.07) is 17.9. The van der Waals surface area contributed by atoms with Crippen molar-refractivity contribution in [1.82, 2.24) is 4.90 Å². The Morgan fingerprint density at radius 1 is 0.960 bits per heavy atom. The van der Waals surface area contributed by atoms with Gasteiger partial charge in [-0.25, -0.2) is 0 Å². The van der Waals surface area contributed by atoms with Crippen LogP contribution in [0.4, 0.5) is 0 Å². The van der Waals surface area contributed by atoms with Gasteiger partial charge in [-0.1, -0.05) is 66.7 Å². The molecule has 1 heteroatoms. The first-order valence-electron chi connectivity index (χ1n) is 8.75. The molecular weight excluding hydrogens is 302 g/mol. The normalized spacial score (nSPS) is 16.1. The van der Waals surface area contributed by atoms with Crippen LogP contribution in [0.3, 0.4) is 0 Å². The maximum atomic E-state index is 4.04. The van der Waals surface area contributed by atoms with E-state index < -0.39 is 0 Å². The van der Waals surface area contributed by atoms with Gasteiger partial charge >= 0.3 is 0 Å². The molecule has 0 amide bonds. The lowest BCUT2D eigenvalue weighted by molar-refractivity contribution is 0.381. The molecule has 124 valence electrons. The second-order valence-electron chi connectivity index (χ2n) is 6.96. The van der Waals surface area contributed by atoms with E-state index in [2.05, 4.69) is 93.2 Å². The number of benzene rings is 3. The van der Waals surface area contributed by atoms with Crippen LogP contribution in [0.5, 0.6) is 0 Å². The molecule has 0 fully saturated rings. The second kappa shape index (κ2) is 5.93. The molecule has 0 saturated heterocycles. The fourth-order valence-electron chi connectivity index (χ4n) is 4.02. The Labute approximate surface area is 149 Å². The highest BCUT2D eigenvalue weighted by Gasteiger charge is 2.26. The molecule has 0 saturated carbocycles. The van der Waals surface area contributed by atoms with Gasteiger partial charge < -0.3 is 4.90 Å². The smallest absolute Gasteiger partial charge is 0.0799 e. The van der Waals surface area contributed by atoms with Gasteiger partial charge in [-0.2, -0.15) is 0 Å². The Bertz CT molecular complexity index is 1010. The Morgan fingerprint density at radius 3 is 2.48 bits per heavy atom. The largest absolute Gasteiger partial charge is 0.369 e. The van der Waals surface area contributed by atoms with E-state index in [9.17, 15) is 0 Å². The topological polar surface area (TPSA) is 3.24 Å². The molecule has 1 aliphatic heterocycles. The molecule has 0 radical (unpaired) electrons. The maximum absolute atomic E-state index is 4.04. The number of fused-ring (bicyclic) bond motifs is 3. The van der Waals surface area contributed by atoms with Gasteiger partial charge in [-0.05, 0) is 58.5 Å². The first-order chi connectivity index (χ1) is 12.1. The Balaban J connectivity index is 2.01. The van der Waals surface area contributed by atoms with E-state index in [0.717, 1.165) is 0 Å². The van der Waals surface area contributed by atoms with E-state index in [1.807, 2.05) is 6.08 Å². The van der Waals surface area contributed by atoms with Gasteiger partial charge in [0.1, 0.15) is 0 Å². The van der Waals surface area contributed by atoms with Gasteiger partial charge in [0, 0.05) is 13.2 Å². The summed E-state index contributed by atoms with van der Waals surface area (Å²) in [5, 5.41) is 2.67. The molecule has 1 heterocycles. The molecule has 0 spiro atoms. The lowest BCUT2D eigenvalue weighted by Crippen LogP contribution is -2.24. The summed E-state index contributed by atoms with van der Waals surface area (Å²) in [7, 11) is 2.15. The number of aryl methyl sites for hydroxylation is 2. The lowest BCUT2D eigenvalue weighted by atomic mass is 9.84. The Hall–Kier alpha value is -2.80. The molecule has 0 aromatic heterocycles. The summed E-state index contributed by atoms with van der Waals surface area (Å²) in [6.45, 7) is 8.38. The third-order valence-corrected chi connectivity index (χ3v) is 5.26. The molecule has 3 aromatic carbocycles. The fraction of sp³-hybridized carbons (Fsp3) is 0.167. The van der Waals surface area contributed by atoms with E-state index in [4.69, 9.17) is 0 Å². The Kier molecular flexibility index (Phi) is 3.73. The molecule has 0 aliphatic carbocycles.